The van der Waals surface area contributed by atoms with E-state index in [1.54, 1.807) is 0 Å². The summed E-state index contributed by atoms with van der Waals surface area (Å²) in [5.74, 6) is 1.72. The van der Waals surface area contributed by atoms with E-state index in [2.05, 4.69) is 35.5 Å². The van der Waals surface area contributed by atoms with Crippen LogP contribution in [0, 0.1) is 6.92 Å². The predicted molar refractivity (Wildman–Crippen MR) is 124 cm³/mol. The summed E-state index contributed by atoms with van der Waals surface area (Å²) in [7, 11) is 0. The molecule has 1 aromatic carbocycles. The number of aryl methyl sites for hydroxylation is 1. The van der Waals surface area contributed by atoms with Crippen molar-refractivity contribution >= 4 is 40.9 Å². The SMILES string of the molecule is CCNC(=NCc1oc2ccccc2c1C)NCCCOC1CCOCC1.I. The van der Waals surface area contributed by atoms with Gasteiger partial charge in [0.25, 0.3) is 0 Å². The summed E-state index contributed by atoms with van der Waals surface area (Å²) in [6, 6.07) is 8.11. The number of nitrogens with zero attached hydrogens (tertiary/aromatic N) is 1. The fourth-order valence-electron chi connectivity index (χ4n) is 3.24. The molecular formula is C21H32IN3O3. The molecule has 1 fully saturated rings. The van der Waals surface area contributed by atoms with Crippen molar-refractivity contribution in [2.45, 2.75) is 45.8 Å². The highest BCUT2D eigenvalue weighted by atomic mass is 127. The Morgan fingerprint density at radius 1 is 1.21 bits per heavy atom. The summed E-state index contributed by atoms with van der Waals surface area (Å²) < 4.78 is 17.2. The highest BCUT2D eigenvalue weighted by molar-refractivity contribution is 14.0. The van der Waals surface area contributed by atoms with Gasteiger partial charge in [-0.3, -0.25) is 0 Å². The van der Waals surface area contributed by atoms with Crippen LogP contribution >= 0.6 is 24.0 Å². The molecule has 0 saturated carbocycles. The summed E-state index contributed by atoms with van der Waals surface area (Å²) in [5.41, 5.74) is 2.08. The normalized spacial score (nSPS) is 15.4. The van der Waals surface area contributed by atoms with Crippen molar-refractivity contribution < 1.29 is 13.9 Å². The molecule has 1 aromatic heterocycles. The van der Waals surface area contributed by atoms with E-state index < -0.39 is 0 Å². The van der Waals surface area contributed by atoms with Crippen molar-refractivity contribution in [3.63, 3.8) is 0 Å². The number of hydrogen-bond acceptors (Lipinski definition) is 4. The Morgan fingerprint density at radius 3 is 2.75 bits per heavy atom. The van der Waals surface area contributed by atoms with E-state index in [0.717, 1.165) is 80.4 Å². The van der Waals surface area contributed by atoms with Gasteiger partial charge < -0.3 is 24.5 Å². The number of nitrogens with one attached hydrogen (secondary N) is 2. The van der Waals surface area contributed by atoms with Crippen LogP contribution in [0.15, 0.2) is 33.7 Å². The van der Waals surface area contributed by atoms with E-state index in [9.17, 15) is 0 Å². The summed E-state index contributed by atoms with van der Waals surface area (Å²) in [6.07, 6.45) is 3.32. The van der Waals surface area contributed by atoms with Gasteiger partial charge in [0, 0.05) is 43.9 Å². The molecule has 0 amide bonds. The third-order valence-electron chi connectivity index (χ3n) is 4.80. The molecule has 0 bridgehead atoms. The van der Waals surface area contributed by atoms with Gasteiger partial charge in [0.05, 0.1) is 6.10 Å². The third kappa shape index (κ3) is 6.63. The Labute approximate surface area is 184 Å². The standard InChI is InChI=1S/C21H31N3O3.HI/c1-3-22-21(23-11-6-12-26-17-9-13-25-14-10-17)24-15-20-16(2)18-7-4-5-8-19(18)27-20;/h4-5,7-8,17H,3,6,9-15H2,1-2H3,(H2,22,23,24);1H. The minimum atomic E-state index is 0. The molecule has 0 unspecified atom stereocenters. The number of guanidine groups is 1. The van der Waals surface area contributed by atoms with Gasteiger partial charge in [0.15, 0.2) is 5.96 Å². The van der Waals surface area contributed by atoms with Gasteiger partial charge >= 0.3 is 0 Å². The monoisotopic (exact) mass is 501 g/mol. The molecule has 156 valence electrons. The molecule has 28 heavy (non-hydrogen) atoms. The van der Waals surface area contributed by atoms with Crippen LogP contribution in [0.2, 0.25) is 0 Å². The molecule has 0 radical (unpaired) electrons. The van der Waals surface area contributed by atoms with Crippen molar-refractivity contribution in [3.8, 4) is 0 Å². The number of para-hydroxylation sites is 1. The van der Waals surface area contributed by atoms with E-state index in [1.807, 2.05) is 18.2 Å². The Kier molecular flexibility index (Phi) is 10.1. The van der Waals surface area contributed by atoms with Crippen LogP contribution in [0.25, 0.3) is 11.0 Å². The molecule has 6 nitrogen and oxygen atoms in total. The molecular weight excluding hydrogens is 469 g/mol. The Bertz CT molecular complexity index is 742. The first-order chi connectivity index (χ1) is 13.3. The fraction of sp³-hybridized carbons (Fsp3) is 0.571. The summed E-state index contributed by atoms with van der Waals surface area (Å²) in [5, 5.41) is 7.82. The van der Waals surface area contributed by atoms with E-state index in [4.69, 9.17) is 13.9 Å². The highest BCUT2D eigenvalue weighted by Gasteiger charge is 2.13. The molecule has 1 saturated heterocycles. The number of furan rings is 1. The number of rotatable bonds is 8. The molecule has 0 spiro atoms. The Morgan fingerprint density at radius 2 is 2.00 bits per heavy atom. The van der Waals surface area contributed by atoms with Crippen LogP contribution in [0.4, 0.5) is 0 Å². The fourth-order valence-corrected chi connectivity index (χ4v) is 3.24. The first kappa shape index (κ1) is 23.0. The summed E-state index contributed by atoms with van der Waals surface area (Å²) in [6.45, 7) is 8.73. The Hall–Kier alpha value is -1.32. The lowest BCUT2D eigenvalue weighted by molar-refractivity contribution is -0.0320. The topological polar surface area (TPSA) is 68.0 Å². The van der Waals surface area contributed by atoms with Gasteiger partial charge in [-0.2, -0.15) is 0 Å². The smallest absolute Gasteiger partial charge is 0.191 e. The van der Waals surface area contributed by atoms with Crippen molar-refractivity contribution in [1.29, 1.82) is 0 Å². The summed E-state index contributed by atoms with van der Waals surface area (Å²) >= 11 is 0. The number of halogens is 1. The third-order valence-corrected chi connectivity index (χ3v) is 4.80. The van der Waals surface area contributed by atoms with Crippen LogP contribution in [0.5, 0.6) is 0 Å². The van der Waals surface area contributed by atoms with Gasteiger partial charge in [-0.05, 0) is 39.2 Å². The van der Waals surface area contributed by atoms with E-state index in [0.29, 0.717) is 12.6 Å². The first-order valence-electron chi connectivity index (χ1n) is 9.96. The second-order valence-electron chi connectivity index (χ2n) is 6.80. The molecule has 1 aliphatic rings. The number of aliphatic imine (C=N–C) groups is 1. The molecule has 2 aromatic rings. The lowest BCUT2D eigenvalue weighted by atomic mass is 10.1. The van der Waals surface area contributed by atoms with E-state index in [-0.39, 0.29) is 24.0 Å². The van der Waals surface area contributed by atoms with Gasteiger partial charge in [-0.1, -0.05) is 18.2 Å². The van der Waals surface area contributed by atoms with Crippen molar-refractivity contribution in [2.24, 2.45) is 4.99 Å². The molecule has 7 heteroatoms. The lowest BCUT2D eigenvalue weighted by Crippen LogP contribution is -2.38. The van der Waals surface area contributed by atoms with E-state index in [1.165, 1.54) is 0 Å². The van der Waals surface area contributed by atoms with Crippen LogP contribution in [-0.2, 0) is 16.0 Å². The Balaban J connectivity index is 0.00000280. The molecule has 0 atom stereocenters. The van der Waals surface area contributed by atoms with Crippen LogP contribution in [0.3, 0.4) is 0 Å². The number of hydrogen-bond donors (Lipinski definition) is 2. The average Bonchev–Trinajstić information content (AvgIpc) is 3.02. The van der Waals surface area contributed by atoms with Crippen LogP contribution in [0.1, 0.15) is 37.5 Å². The number of ether oxygens (including phenoxy) is 2. The number of fused-ring (bicyclic) bond motifs is 1. The van der Waals surface area contributed by atoms with Crippen molar-refractivity contribution in [3.05, 3.63) is 35.6 Å². The van der Waals surface area contributed by atoms with E-state index >= 15 is 0 Å². The minimum absolute atomic E-state index is 0. The molecule has 1 aliphatic heterocycles. The van der Waals surface area contributed by atoms with Crippen LogP contribution in [-0.4, -0.2) is 45.0 Å². The van der Waals surface area contributed by atoms with Crippen molar-refractivity contribution in [1.82, 2.24) is 10.6 Å². The average molecular weight is 501 g/mol. The zero-order valence-corrected chi connectivity index (χ0v) is 19.2. The largest absolute Gasteiger partial charge is 0.459 e. The maximum atomic E-state index is 5.94. The molecule has 0 aliphatic carbocycles. The first-order valence-corrected chi connectivity index (χ1v) is 9.96. The second-order valence-corrected chi connectivity index (χ2v) is 6.80. The lowest BCUT2D eigenvalue weighted by Gasteiger charge is -2.22. The van der Waals surface area contributed by atoms with Gasteiger partial charge in [0.2, 0.25) is 0 Å². The predicted octanol–water partition coefficient (Wildman–Crippen LogP) is 4.00. The quantitative estimate of drug-likeness (QED) is 0.248. The van der Waals surface area contributed by atoms with Gasteiger partial charge in [-0.15, -0.1) is 24.0 Å². The van der Waals surface area contributed by atoms with Crippen LogP contribution < -0.4 is 10.6 Å². The minimum Gasteiger partial charge on any atom is -0.459 e. The highest BCUT2D eigenvalue weighted by Crippen LogP contribution is 2.25. The summed E-state index contributed by atoms with van der Waals surface area (Å²) in [4.78, 5) is 4.67. The van der Waals surface area contributed by atoms with Crippen molar-refractivity contribution in [2.75, 3.05) is 32.9 Å². The molecule has 3 rings (SSSR count). The van der Waals surface area contributed by atoms with Gasteiger partial charge in [0.1, 0.15) is 17.9 Å². The second kappa shape index (κ2) is 12.3. The molecule has 2 N–H and O–H groups in total. The zero-order valence-electron chi connectivity index (χ0n) is 16.8. The number of benzene rings is 1. The van der Waals surface area contributed by atoms with Gasteiger partial charge in [-0.25, -0.2) is 4.99 Å². The molecule has 2 heterocycles. The zero-order chi connectivity index (χ0) is 18.9. The maximum absolute atomic E-state index is 5.94. The maximum Gasteiger partial charge on any atom is 0.191 e.